The van der Waals surface area contributed by atoms with Crippen LogP contribution in [0.3, 0.4) is 0 Å². The number of piperidine rings is 1. The van der Waals surface area contributed by atoms with E-state index < -0.39 is 10.0 Å². The summed E-state index contributed by atoms with van der Waals surface area (Å²) in [6, 6.07) is 12.9. The van der Waals surface area contributed by atoms with Crippen molar-refractivity contribution in [3.8, 4) is 5.88 Å². The maximum atomic E-state index is 13.0. The van der Waals surface area contributed by atoms with Crippen LogP contribution in [0, 0.1) is 0 Å². The minimum Gasteiger partial charge on any atom is -0.474 e. The zero-order chi connectivity index (χ0) is 21.1. The summed E-state index contributed by atoms with van der Waals surface area (Å²) < 4.78 is 30.8. The second kappa shape index (κ2) is 8.27. The number of nitrogens with zero attached hydrogens (tertiary/aromatic N) is 3. The maximum absolute atomic E-state index is 13.0. The molecule has 1 aliphatic rings. The molecule has 30 heavy (non-hydrogen) atoms. The first-order valence-electron chi connectivity index (χ1n) is 9.62. The molecule has 3 aromatic rings. The van der Waals surface area contributed by atoms with Crippen LogP contribution in [0.5, 0.6) is 5.88 Å². The molecular weight excluding hydrogens is 404 g/mol. The van der Waals surface area contributed by atoms with Crippen LogP contribution in [-0.2, 0) is 10.0 Å². The number of rotatable bonds is 5. The number of pyridine rings is 2. The number of ether oxygens (including phenoxy) is 1. The quantitative estimate of drug-likeness (QED) is 0.673. The second-order valence-electron chi connectivity index (χ2n) is 7.25. The van der Waals surface area contributed by atoms with Gasteiger partial charge in [0.25, 0.3) is 5.91 Å². The van der Waals surface area contributed by atoms with Gasteiger partial charge in [-0.15, -0.1) is 0 Å². The SMILES string of the molecule is CS(=O)(=O)Nc1ccc(OC2CCN(C(=O)c3nccc4ccccc34)CC2)nc1. The molecule has 0 saturated carbocycles. The summed E-state index contributed by atoms with van der Waals surface area (Å²) >= 11 is 0. The molecule has 0 aliphatic carbocycles. The number of aromatic nitrogens is 2. The fraction of sp³-hybridized carbons (Fsp3) is 0.286. The van der Waals surface area contributed by atoms with E-state index in [1.54, 1.807) is 23.2 Å². The summed E-state index contributed by atoms with van der Waals surface area (Å²) in [6.45, 7) is 1.14. The number of carbonyl (C=O) groups is 1. The third-order valence-corrected chi connectivity index (χ3v) is 5.54. The summed E-state index contributed by atoms with van der Waals surface area (Å²) in [6.07, 6.45) is 5.47. The minimum atomic E-state index is -3.34. The van der Waals surface area contributed by atoms with Crippen LogP contribution >= 0.6 is 0 Å². The minimum absolute atomic E-state index is 0.0595. The lowest BCUT2D eigenvalue weighted by atomic mass is 10.1. The summed E-state index contributed by atoms with van der Waals surface area (Å²) in [5.41, 5.74) is 0.857. The van der Waals surface area contributed by atoms with Gasteiger partial charge < -0.3 is 9.64 Å². The molecule has 0 spiro atoms. The highest BCUT2D eigenvalue weighted by atomic mass is 32.2. The molecule has 1 N–H and O–H groups in total. The molecule has 0 bridgehead atoms. The van der Waals surface area contributed by atoms with Gasteiger partial charge in [0.05, 0.1) is 18.1 Å². The summed E-state index contributed by atoms with van der Waals surface area (Å²) in [5.74, 6) is 0.356. The van der Waals surface area contributed by atoms with Crippen LogP contribution in [0.15, 0.2) is 54.9 Å². The van der Waals surface area contributed by atoms with E-state index in [-0.39, 0.29) is 12.0 Å². The molecule has 0 atom stereocenters. The number of anilines is 1. The van der Waals surface area contributed by atoms with Crippen molar-refractivity contribution in [2.75, 3.05) is 24.1 Å². The summed E-state index contributed by atoms with van der Waals surface area (Å²) in [4.78, 5) is 23.3. The number of fused-ring (bicyclic) bond motifs is 1. The Balaban J connectivity index is 1.36. The molecule has 3 heterocycles. The Kier molecular flexibility index (Phi) is 5.54. The number of amides is 1. The lowest BCUT2D eigenvalue weighted by Crippen LogP contribution is -2.42. The highest BCUT2D eigenvalue weighted by Crippen LogP contribution is 2.22. The zero-order valence-corrected chi connectivity index (χ0v) is 17.3. The molecule has 1 saturated heterocycles. The van der Waals surface area contributed by atoms with Crippen LogP contribution in [-0.4, -0.2) is 54.6 Å². The number of benzene rings is 1. The largest absolute Gasteiger partial charge is 0.474 e. The normalized spacial score (nSPS) is 15.2. The van der Waals surface area contributed by atoms with Crippen LogP contribution in [0.2, 0.25) is 0 Å². The van der Waals surface area contributed by atoms with E-state index in [0.717, 1.165) is 17.0 Å². The number of likely N-dealkylation sites (tertiary alicyclic amines) is 1. The fourth-order valence-corrected chi connectivity index (χ4v) is 4.06. The van der Waals surface area contributed by atoms with Gasteiger partial charge >= 0.3 is 0 Å². The van der Waals surface area contributed by atoms with Crippen molar-refractivity contribution in [2.24, 2.45) is 0 Å². The first kappa shape index (κ1) is 20.1. The molecule has 1 aromatic carbocycles. The van der Waals surface area contributed by atoms with Gasteiger partial charge in [-0.1, -0.05) is 24.3 Å². The first-order chi connectivity index (χ1) is 14.4. The first-order valence-corrected chi connectivity index (χ1v) is 11.5. The lowest BCUT2D eigenvalue weighted by molar-refractivity contribution is 0.0584. The zero-order valence-electron chi connectivity index (χ0n) is 16.5. The van der Waals surface area contributed by atoms with Crippen molar-refractivity contribution in [2.45, 2.75) is 18.9 Å². The molecule has 4 rings (SSSR count). The van der Waals surface area contributed by atoms with Crippen LogP contribution in [0.4, 0.5) is 5.69 Å². The van der Waals surface area contributed by atoms with Crippen molar-refractivity contribution < 1.29 is 17.9 Å². The molecule has 0 radical (unpaired) electrons. The number of nitrogens with one attached hydrogen (secondary N) is 1. The Morgan fingerprint density at radius 1 is 1.10 bits per heavy atom. The van der Waals surface area contributed by atoms with Gasteiger partial charge in [-0.3, -0.25) is 14.5 Å². The summed E-state index contributed by atoms with van der Waals surface area (Å²) in [7, 11) is -3.34. The van der Waals surface area contributed by atoms with Gasteiger partial charge in [0, 0.05) is 43.6 Å². The van der Waals surface area contributed by atoms with Gasteiger partial charge in [0.2, 0.25) is 15.9 Å². The van der Waals surface area contributed by atoms with Crippen LogP contribution in [0.1, 0.15) is 23.3 Å². The molecular formula is C21H22N4O4S. The molecule has 1 aliphatic heterocycles. The fourth-order valence-electron chi connectivity index (χ4n) is 3.51. The van der Waals surface area contributed by atoms with E-state index in [0.29, 0.717) is 43.2 Å². The maximum Gasteiger partial charge on any atom is 0.273 e. The van der Waals surface area contributed by atoms with E-state index in [9.17, 15) is 13.2 Å². The second-order valence-corrected chi connectivity index (χ2v) is 9.00. The number of hydrogen-bond donors (Lipinski definition) is 1. The Hall–Kier alpha value is -3.20. The van der Waals surface area contributed by atoms with Gasteiger partial charge in [-0.25, -0.2) is 13.4 Å². The smallest absolute Gasteiger partial charge is 0.273 e. The van der Waals surface area contributed by atoms with E-state index in [4.69, 9.17) is 4.74 Å². The summed E-state index contributed by atoms with van der Waals surface area (Å²) in [5, 5.41) is 1.85. The Bertz CT molecular complexity index is 1150. The Morgan fingerprint density at radius 3 is 2.57 bits per heavy atom. The molecule has 8 nitrogen and oxygen atoms in total. The van der Waals surface area contributed by atoms with Crippen molar-refractivity contribution in [3.63, 3.8) is 0 Å². The molecule has 9 heteroatoms. The van der Waals surface area contributed by atoms with Gasteiger partial charge in [-0.2, -0.15) is 0 Å². The van der Waals surface area contributed by atoms with E-state index in [1.165, 1.54) is 6.20 Å². The predicted octanol–water partition coefficient (Wildman–Crippen LogP) is 2.68. The van der Waals surface area contributed by atoms with Crippen molar-refractivity contribution in [3.05, 3.63) is 60.6 Å². The van der Waals surface area contributed by atoms with Gasteiger partial charge in [0.15, 0.2) is 0 Å². The third kappa shape index (κ3) is 4.68. The highest BCUT2D eigenvalue weighted by Gasteiger charge is 2.26. The lowest BCUT2D eigenvalue weighted by Gasteiger charge is -2.32. The molecule has 2 aromatic heterocycles. The van der Waals surface area contributed by atoms with Crippen LogP contribution in [0.25, 0.3) is 10.8 Å². The standard InChI is InChI=1S/C21H22N4O4S/c1-30(27,28)24-16-6-7-19(23-14-16)29-17-9-12-25(13-10-17)21(26)20-18-5-3-2-4-15(18)8-11-22-20/h2-8,11,14,17,24H,9-10,12-13H2,1H3. The molecule has 0 unspecified atom stereocenters. The van der Waals surface area contributed by atoms with Crippen molar-refractivity contribution in [1.29, 1.82) is 0 Å². The van der Waals surface area contributed by atoms with Gasteiger partial charge in [-0.05, 0) is 17.5 Å². The molecule has 156 valence electrons. The monoisotopic (exact) mass is 426 g/mol. The van der Waals surface area contributed by atoms with E-state index >= 15 is 0 Å². The third-order valence-electron chi connectivity index (χ3n) is 4.93. The van der Waals surface area contributed by atoms with Gasteiger partial charge in [0.1, 0.15) is 11.8 Å². The predicted molar refractivity (Wildman–Crippen MR) is 114 cm³/mol. The Labute approximate surface area is 175 Å². The number of hydrogen-bond acceptors (Lipinski definition) is 6. The number of sulfonamides is 1. The van der Waals surface area contributed by atoms with Crippen LogP contribution < -0.4 is 9.46 Å². The average Bonchev–Trinajstić information content (AvgIpc) is 2.74. The molecule has 1 fully saturated rings. The van der Waals surface area contributed by atoms with E-state index in [2.05, 4.69) is 14.7 Å². The number of carbonyl (C=O) groups excluding carboxylic acids is 1. The highest BCUT2D eigenvalue weighted by molar-refractivity contribution is 7.92. The van der Waals surface area contributed by atoms with Crippen molar-refractivity contribution in [1.82, 2.24) is 14.9 Å². The topological polar surface area (TPSA) is 101 Å². The van der Waals surface area contributed by atoms with E-state index in [1.807, 2.05) is 30.3 Å². The average molecular weight is 426 g/mol. The Morgan fingerprint density at radius 2 is 1.87 bits per heavy atom. The van der Waals surface area contributed by atoms with Crippen molar-refractivity contribution >= 4 is 32.4 Å². The molecule has 1 amide bonds.